The van der Waals surface area contributed by atoms with E-state index in [0.717, 1.165) is 43.0 Å². The van der Waals surface area contributed by atoms with Crippen molar-refractivity contribution in [2.24, 2.45) is 16.0 Å². The summed E-state index contributed by atoms with van der Waals surface area (Å²) in [5, 5.41) is 11.4. The minimum absolute atomic E-state index is 0.0364. The summed E-state index contributed by atoms with van der Waals surface area (Å²) in [4.78, 5) is 31.1. The summed E-state index contributed by atoms with van der Waals surface area (Å²) >= 11 is 0. The third-order valence-corrected chi connectivity index (χ3v) is 6.26. The second-order valence-corrected chi connectivity index (χ2v) is 9.86. The molecule has 0 spiro atoms. The van der Waals surface area contributed by atoms with Gasteiger partial charge in [-0.3, -0.25) is 15.1 Å². The number of aliphatic imine (C=N–C) groups is 1. The van der Waals surface area contributed by atoms with Crippen LogP contribution in [0.15, 0.2) is 65.0 Å². The summed E-state index contributed by atoms with van der Waals surface area (Å²) in [6, 6.07) is 3.87. The van der Waals surface area contributed by atoms with E-state index < -0.39 is 0 Å². The predicted molar refractivity (Wildman–Crippen MR) is 136 cm³/mol. The van der Waals surface area contributed by atoms with E-state index in [4.69, 9.17) is 10.1 Å². The molecular weight excluding hydrogens is 440 g/mol. The highest BCUT2D eigenvalue weighted by Gasteiger charge is 2.39. The van der Waals surface area contributed by atoms with Crippen molar-refractivity contribution in [2.75, 3.05) is 18.9 Å². The van der Waals surface area contributed by atoms with Crippen molar-refractivity contribution in [3.8, 4) is 0 Å². The Morgan fingerprint density at radius 1 is 1.20 bits per heavy atom. The molecule has 2 N–H and O–H groups in total. The highest BCUT2D eigenvalue weighted by atomic mass is 16.2. The van der Waals surface area contributed by atoms with Gasteiger partial charge in [-0.2, -0.15) is 4.59 Å². The van der Waals surface area contributed by atoms with Crippen LogP contribution in [0.25, 0.3) is 0 Å². The number of hydrogen-bond acceptors (Lipinski definition) is 7. The molecule has 9 heteroatoms. The van der Waals surface area contributed by atoms with Crippen LogP contribution in [0.5, 0.6) is 0 Å². The van der Waals surface area contributed by atoms with Gasteiger partial charge in [-0.15, -0.1) is 0 Å². The Balaban J connectivity index is 1.44. The third-order valence-electron chi connectivity index (χ3n) is 6.26. The Bertz CT molecular complexity index is 1230. The lowest BCUT2D eigenvalue weighted by Crippen LogP contribution is -2.45. The summed E-state index contributed by atoms with van der Waals surface area (Å²) in [7, 11) is 2.02. The van der Waals surface area contributed by atoms with E-state index in [-0.39, 0.29) is 16.5 Å². The summed E-state index contributed by atoms with van der Waals surface area (Å²) in [6.45, 7) is 5.06. The second-order valence-electron chi connectivity index (χ2n) is 9.86. The first-order chi connectivity index (χ1) is 16.9. The molecule has 2 unspecified atom stereocenters. The SMILES string of the molecule is CC(C)C[N+]1(C)N=C(C2CC=CC=N2)C=C1NC(=O)c1nc(C2CC2)ccc1Nc1cncnc1. The normalized spacial score (nSPS) is 23.3. The van der Waals surface area contributed by atoms with Crippen molar-refractivity contribution in [3.05, 3.63) is 66.3 Å². The van der Waals surface area contributed by atoms with Crippen LogP contribution in [0.3, 0.4) is 0 Å². The molecule has 0 radical (unpaired) electrons. The second kappa shape index (κ2) is 9.50. The van der Waals surface area contributed by atoms with Gasteiger partial charge in [0.2, 0.25) is 5.82 Å². The highest BCUT2D eigenvalue weighted by Crippen LogP contribution is 2.39. The van der Waals surface area contributed by atoms with Crippen molar-refractivity contribution in [2.45, 2.75) is 45.1 Å². The van der Waals surface area contributed by atoms with Gasteiger partial charge in [-0.25, -0.2) is 15.0 Å². The van der Waals surface area contributed by atoms with Gasteiger partial charge < -0.3 is 5.32 Å². The minimum Gasteiger partial charge on any atom is -0.351 e. The topological polar surface area (TPSA) is 105 Å². The molecule has 2 atom stereocenters. The van der Waals surface area contributed by atoms with Gasteiger partial charge in [0.15, 0.2) is 5.69 Å². The van der Waals surface area contributed by atoms with Crippen molar-refractivity contribution >= 4 is 29.2 Å². The van der Waals surface area contributed by atoms with Crippen LogP contribution in [-0.4, -0.2) is 57.0 Å². The molecule has 1 aliphatic carbocycles. The van der Waals surface area contributed by atoms with Crippen LogP contribution in [0.2, 0.25) is 0 Å². The fourth-order valence-electron chi connectivity index (χ4n) is 4.52. The zero-order valence-electron chi connectivity index (χ0n) is 20.3. The maximum Gasteiger partial charge on any atom is 0.280 e. The largest absolute Gasteiger partial charge is 0.351 e. The van der Waals surface area contributed by atoms with E-state index in [1.165, 1.54) is 6.33 Å². The first-order valence-electron chi connectivity index (χ1n) is 12.1. The number of anilines is 2. The number of carbonyl (C=O) groups excluding carboxylic acids is 1. The zero-order chi connectivity index (χ0) is 24.4. The molecule has 4 heterocycles. The van der Waals surface area contributed by atoms with Crippen LogP contribution in [0.4, 0.5) is 11.4 Å². The molecule has 5 rings (SSSR count). The van der Waals surface area contributed by atoms with Crippen LogP contribution < -0.4 is 10.6 Å². The Labute approximate surface area is 205 Å². The monoisotopic (exact) mass is 471 g/mol. The van der Waals surface area contributed by atoms with Gasteiger partial charge >= 0.3 is 0 Å². The number of allylic oxidation sites excluding steroid dienone is 1. The lowest BCUT2D eigenvalue weighted by molar-refractivity contribution is -0.882. The molecule has 1 fully saturated rings. The van der Waals surface area contributed by atoms with E-state index >= 15 is 0 Å². The van der Waals surface area contributed by atoms with Crippen molar-refractivity contribution in [1.82, 2.24) is 20.3 Å². The number of nitrogens with one attached hydrogen (secondary N) is 2. The van der Waals surface area contributed by atoms with Crippen molar-refractivity contribution < 1.29 is 9.39 Å². The number of aromatic nitrogens is 3. The molecule has 0 bridgehead atoms. The number of nitrogens with zero attached hydrogens (tertiary/aromatic N) is 6. The molecule has 2 aliphatic heterocycles. The summed E-state index contributed by atoms with van der Waals surface area (Å²) in [6.07, 6.45) is 15.6. The number of rotatable bonds is 8. The summed E-state index contributed by atoms with van der Waals surface area (Å²) < 4.78 is 0.270. The van der Waals surface area contributed by atoms with Crippen molar-refractivity contribution in [1.29, 1.82) is 0 Å². The standard InChI is InChI=1S/C26H30N8O/c1-17(2)15-34(3)24(12-23(33-34)21-6-4-5-11-29-21)32-26(35)25-22(30-19-13-27-16-28-14-19)10-9-20(31-25)18-7-8-18/h4-5,9-14,16-18,21H,6-8,15H2,1-3H3,(H-,30,32,33,35)/p+1. The zero-order valence-corrected chi connectivity index (χ0v) is 20.3. The van der Waals surface area contributed by atoms with Gasteiger partial charge in [0, 0.05) is 29.8 Å². The predicted octanol–water partition coefficient (Wildman–Crippen LogP) is 3.94. The number of pyridine rings is 1. The van der Waals surface area contributed by atoms with E-state index in [1.807, 2.05) is 37.5 Å². The maximum absolute atomic E-state index is 13.7. The van der Waals surface area contributed by atoms with Crippen LogP contribution in [-0.2, 0) is 0 Å². The number of carbonyl (C=O) groups is 1. The van der Waals surface area contributed by atoms with Gasteiger partial charge in [-0.05, 0) is 37.5 Å². The Morgan fingerprint density at radius 2 is 2.00 bits per heavy atom. The average molecular weight is 472 g/mol. The van der Waals surface area contributed by atoms with Gasteiger partial charge in [0.1, 0.15) is 24.6 Å². The average Bonchev–Trinajstić information content (AvgIpc) is 3.65. The molecule has 180 valence electrons. The number of dihydropyridines is 1. The Kier molecular flexibility index (Phi) is 6.25. The number of hydrogen-bond donors (Lipinski definition) is 2. The van der Waals surface area contributed by atoms with Crippen LogP contribution in [0.1, 0.15) is 55.2 Å². The van der Waals surface area contributed by atoms with Crippen molar-refractivity contribution in [3.63, 3.8) is 0 Å². The van der Waals surface area contributed by atoms with Gasteiger partial charge in [-0.1, -0.05) is 25.0 Å². The lowest BCUT2D eigenvalue weighted by Gasteiger charge is -2.28. The quantitative estimate of drug-likeness (QED) is 0.568. The first-order valence-corrected chi connectivity index (χ1v) is 12.1. The number of amides is 1. The molecule has 9 nitrogen and oxygen atoms in total. The van der Waals surface area contributed by atoms with Crippen LogP contribution in [0, 0.1) is 5.92 Å². The molecular formula is C26H31N8O+. The van der Waals surface area contributed by atoms with E-state index in [1.54, 1.807) is 12.4 Å². The Morgan fingerprint density at radius 3 is 2.69 bits per heavy atom. The minimum atomic E-state index is -0.269. The van der Waals surface area contributed by atoms with E-state index in [0.29, 0.717) is 28.9 Å². The molecule has 3 aliphatic rings. The highest BCUT2D eigenvalue weighted by molar-refractivity contribution is 6.03. The number of quaternary nitrogens is 1. The molecule has 2 aromatic rings. The summed E-state index contributed by atoms with van der Waals surface area (Å²) in [5.74, 6) is 1.27. The fraction of sp³-hybridized carbons (Fsp3) is 0.385. The third kappa shape index (κ3) is 5.19. The lowest BCUT2D eigenvalue weighted by atomic mass is 10.1. The molecule has 0 saturated heterocycles. The van der Waals surface area contributed by atoms with Gasteiger partial charge in [0.25, 0.3) is 5.91 Å². The van der Waals surface area contributed by atoms with E-state index in [2.05, 4.69) is 45.5 Å². The Hall–Kier alpha value is -3.72. The smallest absolute Gasteiger partial charge is 0.280 e. The summed E-state index contributed by atoms with van der Waals surface area (Å²) in [5.41, 5.74) is 3.48. The molecule has 2 aromatic heterocycles. The van der Waals surface area contributed by atoms with Crippen LogP contribution >= 0.6 is 0 Å². The molecule has 0 aromatic carbocycles. The maximum atomic E-state index is 13.7. The first kappa shape index (κ1) is 23.0. The van der Waals surface area contributed by atoms with Gasteiger partial charge in [0.05, 0.1) is 30.8 Å². The molecule has 1 saturated carbocycles. The molecule has 35 heavy (non-hydrogen) atoms. The molecule has 1 amide bonds. The van der Waals surface area contributed by atoms with E-state index in [9.17, 15) is 4.79 Å². The fourth-order valence-corrected chi connectivity index (χ4v) is 4.52.